The molecule has 0 amide bonds. The fourth-order valence-electron chi connectivity index (χ4n) is 2.64. The number of aromatic amines is 1. The van der Waals surface area contributed by atoms with E-state index in [0.29, 0.717) is 17.0 Å². The molecule has 1 aromatic heterocycles. The topological polar surface area (TPSA) is 15.8 Å². The van der Waals surface area contributed by atoms with Gasteiger partial charge in [-0.05, 0) is 60.4 Å². The van der Waals surface area contributed by atoms with Gasteiger partial charge in [0.15, 0.2) is 0 Å². The number of allylic oxidation sites excluding steroid dienone is 1. The minimum absolute atomic E-state index is 0.295. The van der Waals surface area contributed by atoms with E-state index in [1.165, 1.54) is 24.3 Å². The average Bonchev–Trinajstić information content (AvgIpc) is 2.85. The van der Waals surface area contributed by atoms with E-state index >= 15 is 0 Å². The molecule has 0 aliphatic heterocycles. The zero-order valence-corrected chi connectivity index (χ0v) is 12.6. The van der Waals surface area contributed by atoms with Crippen LogP contribution in [0.2, 0.25) is 5.02 Å². The predicted molar refractivity (Wildman–Crippen MR) is 87.2 cm³/mol. The largest absolute Gasteiger partial charge is 0.353 e. The summed E-state index contributed by atoms with van der Waals surface area (Å²) in [5.74, 6) is -0.668. The zero-order chi connectivity index (χ0) is 15.7. The lowest BCUT2D eigenvalue weighted by Gasteiger charge is -2.04. The fourth-order valence-corrected chi connectivity index (χ4v) is 2.90. The summed E-state index contributed by atoms with van der Waals surface area (Å²) in [6, 6.07) is 8.96. The maximum absolute atomic E-state index is 13.7. The highest BCUT2D eigenvalue weighted by Gasteiger charge is 2.15. The fraction of sp³-hybridized carbons (Fsp3) is 0.111. The molecule has 22 heavy (non-hydrogen) atoms. The molecule has 0 aliphatic carbocycles. The summed E-state index contributed by atoms with van der Waals surface area (Å²) in [5.41, 5.74) is 3.34. The molecule has 0 radical (unpaired) electrons. The van der Waals surface area contributed by atoms with Crippen molar-refractivity contribution in [1.29, 1.82) is 0 Å². The van der Waals surface area contributed by atoms with Gasteiger partial charge in [-0.25, -0.2) is 8.78 Å². The Kier molecular flexibility index (Phi) is 3.99. The number of aromatic nitrogens is 1. The van der Waals surface area contributed by atoms with Crippen LogP contribution in [0.3, 0.4) is 0 Å². The first-order valence-corrected chi connectivity index (χ1v) is 7.34. The molecule has 1 heterocycles. The third-order valence-corrected chi connectivity index (χ3v) is 3.96. The Morgan fingerprint density at radius 3 is 2.50 bits per heavy atom. The Labute approximate surface area is 132 Å². The van der Waals surface area contributed by atoms with Gasteiger partial charge in [-0.2, -0.15) is 0 Å². The number of nitrogens with one attached hydrogen (secondary N) is 1. The number of hydrogen-bond acceptors (Lipinski definition) is 0. The molecule has 3 aromatic rings. The van der Waals surface area contributed by atoms with Crippen LogP contribution in [0.25, 0.3) is 22.2 Å². The molecule has 0 fully saturated rings. The van der Waals surface area contributed by atoms with Crippen molar-refractivity contribution in [2.45, 2.75) is 12.8 Å². The average molecular weight is 318 g/mol. The summed E-state index contributed by atoms with van der Waals surface area (Å²) in [4.78, 5) is 3.25. The van der Waals surface area contributed by atoms with Gasteiger partial charge in [0.1, 0.15) is 11.6 Å². The lowest BCUT2D eigenvalue weighted by molar-refractivity contribution is 0.628. The number of halogens is 3. The van der Waals surface area contributed by atoms with E-state index in [1.807, 2.05) is 6.08 Å². The van der Waals surface area contributed by atoms with E-state index in [1.54, 1.807) is 12.1 Å². The molecule has 0 unspecified atom stereocenters. The molecule has 0 saturated heterocycles. The summed E-state index contributed by atoms with van der Waals surface area (Å²) in [6.45, 7) is 3.73. The van der Waals surface area contributed by atoms with Crippen LogP contribution in [0.1, 0.15) is 12.0 Å². The molecule has 112 valence electrons. The van der Waals surface area contributed by atoms with Crippen LogP contribution in [0, 0.1) is 11.6 Å². The zero-order valence-electron chi connectivity index (χ0n) is 11.8. The van der Waals surface area contributed by atoms with Gasteiger partial charge in [-0.1, -0.05) is 17.7 Å². The van der Waals surface area contributed by atoms with Crippen LogP contribution < -0.4 is 0 Å². The van der Waals surface area contributed by atoms with Crippen molar-refractivity contribution in [3.8, 4) is 11.3 Å². The Morgan fingerprint density at radius 2 is 1.82 bits per heavy atom. The molecule has 0 bridgehead atoms. The number of rotatable bonds is 4. The van der Waals surface area contributed by atoms with Crippen LogP contribution in [0.4, 0.5) is 8.78 Å². The monoisotopic (exact) mass is 317 g/mol. The molecule has 0 spiro atoms. The van der Waals surface area contributed by atoms with E-state index in [4.69, 9.17) is 11.6 Å². The van der Waals surface area contributed by atoms with Crippen molar-refractivity contribution in [3.63, 3.8) is 0 Å². The number of hydrogen-bond donors (Lipinski definition) is 1. The van der Waals surface area contributed by atoms with Gasteiger partial charge in [0.25, 0.3) is 0 Å². The molecular formula is C18H14ClF2N. The van der Waals surface area contributed by atoms with E-state index in [0.717, 1.165) is 28.6 Å². The van der Waals surface area contributed by atoms with Gasteiger partial charge in [0.2, 0.25) is 0 Å². The van der Waals surface area contributed by atoms with Gasteiger partial charge in [0, 0.05) is 11.1 Å². The van der Waals surface area contributed by atoms with Crippen molar-refractivity contribution in [1.82, 2.24) is 4.98 Å². The number of H-pyrrole nitrogens is 1. The van der Waals surface area contributed by atoms with Crippen LogP contribution >= 0.6 is 11.6 Å². The summed E-state index contributed by atoms with van der Waals surface area (Å²) in [7, 11) is 0. The van der Waals surface area contributed by atoms with Crippen molar-refractivity contribution < 1.29 is 8.78 Å². The summed E-state index contributed by atoms with van der Waals surface area (Å²) in [5, 5.41) is 1.09. The minimum Gasteiger partial charge on any atom is -0.353 e. The molecule has 1 nitrogen and oxygen atoms in total. The maximum atomic E-state index is 13.7. The third-order valence-electron chi connectivity index (χ3n) is 3.66. The Bertz CT molecular complexity index is 834. The number of benzene rings is 2. The van der Waals surface area contributed by atoms with Gasteiger partial charge in [0.05, 0.1) is 10.5 Å². The van der Waals surface area contributed by atoms with Gasteiger partial charge in [-0.3, -0.25) is 0 Å². The van der Waals surface area contributed by atoms with Crippen LogP contribution in [0.5, 0.6) is 0 Å². The van der Waals surface area contributed by atoms with Gasteiger partial charge in [-0.15, -0.1) is 6.58 Å². The van der Waals surface area contributed by atoms with Crippen molar-refractivity contribution in [2.24, 2.45) is 0 Å². The third kappa shape index (κ3) is 2.64. The number of fused-ring (bicyclic) bond motifs is 1. The van der Waals surface area contributed by atoms with Crippen LogP contribution in [0.15, 0.2) is 49.1 Å². The first-order valence-electron chi connectivity index (χ1n) is 6.96. The second-order valence-corrected chi connectivity index (χ2v) is 5.53. The van der Waals surface area contributed by atoms with Crippen molar-refractivity contribution in [3.05, 3.63) is 71.3 Å². The molecule has 0 aliphatic rings. The van der Waals surface area contributed by atoms with E-state index in [-0.39, 0.29) is 11.6 Å². The smallest absolute Gasteiger partial charge is 0.125 e. The second kappa shape index (κ2) is 5.93. The SMILES string of the molecule is C=CCCc1c(-c2ccc(F)cc2)[nH]c2c(Cl)cc(F)cc12. The first-order chi connectivity index (χ1) is 10.6. The molecule has 4 heteroatoms. The predicted octanol–water partition coefficient (Wildman–Crippen LogP) is 5.89. The van der Waals surface area contributed by atoms with Crippen LogP contribution in [-0.4, -0.2) is 4.98 Å². The normalized spacial score (nSPS) is 11.0. The van der Waals surface area contributed by atoms with E-state index in [9.17, 15) is 8.78 Å². The molecular weight excluding hydrogens is 304 g/mol. The molecule has 1 N–H and O–H groups in total. The highest BCUT2D eigenvalue weighted by Crippen LogP contribution is 2.35. The lowest BCUT2D eigenvalue weighted by atomic mass is 10.0. The Hall–Kier alpha value is -2.13. The lowest BCUT2D eigenvalue weighted by Crippen LogP contribution is -1.88. The maximum Gasteiger partial charge on any atom is 0.125 e. The van der Waals surface area contributed by atoms with Crippen molar-refractivity contribution >= 4 is 22.5 Å². The van der Waals surface area contributed by atoms with Crippen LogP contribution in [-0.2, 0) is 6.42 Å². The Balaban J connectivity index is 2.25. The molecule has 2 aromatic carbocycles. The summed E-state index contributed by atoms with van der Waals surface area (Å²) in [6.07, 6.45) is 3.28. The highest BCUT2D eigenvalue weighted by molar-refractivity contribution is 6.35. The summed E-state index contributed by atoms with van der Waals surface area (Å²) < 4.78 is 26.8. The standard InChI is InChI=1S/C18H14ClF2N/c1-2-3-4-14-15-9-13(21)10-16(19)18(15)22-17(14)11-5-7-12(20)8-6-11/h2,5-10,22H,1,3-4H2. The molecule has 0 atom stereocenters. The quantitative estimate of drug-likeness (QED) is 0.578. The minimum atomic E-state index is -0.373. The van der Waals surface area contributed by atoms with Gasteiger partial charge < -0.3 is 4.98 Å². The number of aryl methyl sites for hydroxylation is 1. The first kappa shape index (κ1) is 14.8. The highest BCUT2D eigenvalue weighted by atomic mass is 35.5. The van der Waals surface area contributed by atoms with E-state index < -0.39 is 0 Å². The van der Waals surface area contributed by atoms with Crippen molar-refractivity contribution in [2.75, 3.05) is 0 Å². The molecule has 0 saturated carbocycles. The summed E-state index contributed by atoms with van der Waals surface area (Å²) >= 11 is 6.14. The van der Waals surface area contributed by atoms with E-state index in [2.05, 4.69) is 11.6 Å². The Morgan fingerprint density at radius 1 is 1.09 bits per heavy atom. The second-order valence-electron chi connectivity index (χ2n) is 5.12. The van der Waals surface area contributed by atoms with Gasteiger partial charge >= 0.3 is 0 Å². The molecule has 3 rings (SSSR count).